The highest BCUT2D eigenvalue weighted by Crippen LogP contribution is 2.45. The predicted octanol–water partition coefficient (Wildman–Crippen LogP) is 5.50. The number of halogens is 4. The summed E-state index contributed by atoms with van der Waals surface area (Å²) in [5.41, 5.74) is 1.54. The monoisotopic (exact) mass is 622 g/mol. The van der Waals surface area contributed by atoms with Crippen molar-refractivity contribution in [1.29, 1.82) is 0 Å². The van der Waals surface area contributed by atoms with E-state index in [0.29, 0.717) is 51.2 Å². The maximum Gasteiger partial charge on any atom is 0.393 e. The first-order chi connectivity index (χ1) is 19.8. The zero-order valence-corrected chi connectivity index (χ0v) is 25.0. The van der Waals surface area contributed by atoms with E-state index in [1.54, 1.807) is 43.7 Å². The normalized spacial score (nSPS) is 19.4. The van der Waals surface area contributed by atoms with Crippen LogP contribution in [0.4, 0.5) is 34.6 Å². The van der Waals surface area contributed by atoms with Crippen molar-refractivity contribution >= 4 is 56.8 Å². The zero-order valence-electron chi connectivity index (χ0n) is 23.3. The molecule has 1 aromatic heterocycles. The number of rotatable bonds is 6. The van der Waals surface area contributed by atoms with Crippen LogP contribution in [0.2, 0.25) is 0 Å². The number of piperidine rings is 1. The van der Waals surface area contributed by atoms with Gasteiger partial charge in [-0.25, -0.2) is 4.39 Å². The first-order valence-corrected chi connectivity index (χ1v) is 16.8. The van der Waals surface area contributed by atoms with Gasteiger partial charge in [0.25, 0.3) is 5.91 Å². The van der Waals surface area contributed by atoms with Gasteiger partial charge in [0.15, 0.2) is 12.4 Å². The van der Waals surface area contributed by atoms with Gasteiger partial charge in [-0.05, 0) is 55.9 Å². The van der Waals surface area contributed by atoms with E-state index in [2.05, 4.69) is 27.8 Å². The lowest BCUT2D eigenvalue weighted by molar-refractivity contribution is -0.127. The van der Waals surface area contributed by atoms with Gasteiger partial charge in [0, 0.05) is 18.4 Å². The number of likely N-dealkylation sites (tertiary alicyclic amines) is 1. The number of carbonyl (C=O) groups excluding carboxylic acids is 1. The highest BCUT2D eigenvalue weighted by Gasteiger charge is 2.32. The SMILES string of the molecule is CN1CC[C@@H](Nc2cccc3c(CC(F)(F)F)c(C#CCNc4ccc(P(C)(C)=O)c5c4OCC(=O)N5)sc23)[C@@H](F)C1. The number of thiophene rings is 1. The van der Waals surface area contributed by atoms with Gasteiger partial charge in [-0.1, -0.05) is 24.0 Å². The molecule has 42 heavy (non-hydrogen) atoms. The van der Waals surface area contributed by atoms with Crippen LogP contribution in [0.3, 0.4) is 0 Å². The number of nitrogens with zero attached hydrogens (tertiary/aromatic N) is 1. The van der Waals surface area contributed by atoms with Gasteiger partial charge in [0.05, 0.1) is 45.6 Å². The molecule has 2 aliphatic heterocycles. The molecular formula is C29H31F4N4O3PS. The van der Waals surface area contributed by atoms with Crippen molar-refractivity contribution in [1.82, 2.24) is 4.90 Å². The molecule has 3 N–H and O–H groups in total. The molecule has 0 aliphatic carbocycles. The molecular weight excluding hydrogens is 591 g/mol. The summed E-state index contributed by atoms with van der Waals surface area (Å²) in [5, 5.41) is 9.98. The van der Waals surface area contributed by atoms with E-state index < -0.39 is 32.0 Å². The summed E-state index contributed by atoms with van der Waals surface area (Å²) in [7, 11) is -0.869. The van der Waals surface area contributed by atoms with Gasteiger partial charge in [0.2, 0.25) is 0 Å². The third kappa shape index (κ3) is 6.69. The lowest BCUT2D eigenvalue weighted by Gasteiger charge is -2.33. The molecule has 2 aromatic carbocycles. The molecule has 0 radical (unpaired) electrons. The number of hydrogen-bond donors (Lipinski definition) is 3. The Morgan fingerprint density at radius 1 is 1.21 bits per heavy atom. The van der Waals surface area contributed by atoms with Crippen LogP contribution < -0.4 is 26.0 Å². The highest BCUT2D eigenvalue weighted by molar-refractivity contribution is 7.70. The fourth-order valence-electron chi connectivity index (χ4n) is 5.19. The molecule has 1 fully saturated rings. The number of alkyl halides is 4. The van der Waals surface area contributed by atoms with Crippen LogP contribution in [0, 0.1) is 11.8 Å². The maximum atomic E-state index is 14.7. The van der Waals surface area contributed by atoms with Gasteiger partial charge >= 0.3 is 6.18 Å². The van der Waals surface area contributed by atoms with Gasteiger partial charge in [0.1, 0.15) is 13.3 Å². The summed E-state index contributed by atoms with van der Waals surface area (Å²) in [5.74, 6) is 5.80. The van der Waals surface area contributed by atoms with E-state index in [9.17, 15) is 26.9 Å². The fourth-order valence-corrected chi connectivity index (χ4v) is 7.49. The van der Waals surface area contributed by atoms with E-state index >= 15 is 0 Å². The Balaban J connectivity index is 1.42. The topological polar surface area (TPSA) is 82.7 Å². The molecule has 224 valence electrons. The van der Waals surface area contributed by atoms with E-state index in [1.165, 1.54) is 0 Å². The van der Waals surface area contributed by atoms with E-state index in [1.807, 2.05) is 11.9 Å². The second-order valence-corrected chi connectivity index (χ2v) is 15.1. The van der Waals surface area contributed by atoms with Crippen molar-refractivity contribution < 1.29 is 31.7 Å². The average molecular weight is 623 g/mol. The number of benzene rings is 2. The molecule has 1 amide bonds. The second kappa shape index (κ2) is 11.8. The third-order valence-electron chi connectivity index (χ3n) is 7.18. The maximum absolute atomic E-state index is 14.7. The first kappa shape index (κ1) is 30.2. The summed E-state index contributed by atoms with van der Waals surface area (Å²) in [6, 6.07) is 7.98. The molecule has 7 nitrogen and oxygen atoms in total. The first-order valence-electron chi connectivity index (χ1n) is 13.4. The highest BCUT2D eigenvalue weighted by atomic mass is 32.1. The number of anilines is 3. The minimum Gasteiger partial charge on any atom is -0.479 e. The van der Waals surface area contributed by atoms with Crippen LogP contribution in [0.25, 0.3) is 10.1 Å². The number of carbonyl (C=O) groups is 1. The molecule has 0 spiro atoms. The molecule has 0 bridgehead atoms. The molecule has 13 heteroatoms. The van der Waals surface area contributed by atoms with Crippen molar-refractivity contribution in [2.24, 2.45) is 0 Å². The third-order valence-corrected chi connectivity index (χ3v) is 9.91. The average Bonchev–Trinajstić information content (AvgIpc) is 3.23. The van der Waals surface area contributed by atoms with Crippen LogP contribution in [-0.4, -0.2) is 75.8 Å². The quantitative estimate of drug-likeness (QED) is 0.191. The molecule has 0 unspecified atom stereocenters. The molecule has 5 rings (SSSR count). The van der Waals surface area contributed by atoms with Crippen LogP contribution >= 0.6 is 18.5 Å². The Morgan fingerprint density at radius 2 is 2.00 bits per heavy atom. The van der Waals surface area contributed by atoms with Crippen LogP contribution in [0.1, 0.15) is 16.9 Å². The Bertz CT molecular complexity index is 1620. The minimum absolute atomic E-state index is 0.0724. The molecule has 3 heterocycles. The molecule has 0 saturated carbocycles. The van der Waals surface area contributed by atoms with Gasteiger partial charge < -0.3 is 30.2 Å². The van der Waals surface area contributed by atoms with Crippen LogP contribution in [0.15, 0.2) is 30.3 Å². The fraction of sp³-hybridized carbons (Fsp3) is 0.414. The zero-order chi connectivity index (χ0) is 30.2. The summed E-state index contributed by atoms with van der Waals surface area (Å²) >= 11 is 1.16. The number of hydrogen-bond acceptors (Lipinski definition) is 7. The van der Waals surface area contributed by atoms with Crippen molar-refractivity contribution in [2.45, 2.75) is 31.2 Å². The molecule has 2 atom stereocenters. The summed E-state index contributed by atoms with van der Waals surface area (Å²) < 4.78 is 74.5. The van der Waals surface area contributed by atoms with Crippen LogP contribution in [-0.2, 0) is 15.8 Å². The number of nitrogens with one attached hydrogen (secondary N) is 3. The Kier molecular flexibility index (Phi) is 8.48. The van der Waals surface area contributed by atoms with Crippen molar-refractivity contribution in [3.8, 4) is 17.6 Å². The number of amides is 1. The van der Waals surface area contributed by atoms with E-state index in [-0.39, 0.29) is 29.5 Å². The number of fused-ring (bicyclic) bond motifs is 2. The van der Waals surface area contributed by atoms with E-state index in [0.717, 1.165) is 17.9 Å². The molecule has 2 aliphatic rings. The Hall–Kier alpha value is -3.26. The summed E-state index contributed by atoms with van der Waals surface area (Å²) in [4.78, 5) is 14.1. The Morgan fingerprint density at radius 3 is 2.71 bits per heavy atom. The van der Waals surface area contributed by atoms with Gasteiger partial charge in [-0.3, -0.25) is 4.79 Å². The largest absolute Gasteiger partial charge is 0.479 e. The Labute approximate surface area is 245 Å². The van der Waals surface area contributed by atoms with Gasteiger partial charge in [-0.15, -0.1) is 11.3 Å². The lowest BCUT2D eigenvalue weighted by Crippen LogP contribution is -2.46. The summed E-state index contributed by atoms with van der Waals surface area (Å²) in [6.07, 6.45) is -6.09. The second-order valence-electron chi connectivity index (χ2n) is 10.9. The lowest BCUT2D eigenvalue weighted by atomic mass is 10.0. The molecule has 1 saturated heterocycles. The smallest absolute Gasteiger partial charge is 0.393 e. The van der Waals surface area contributed by atoms with Crippen molar-refractivity contribution in [2.75, 3.05) is 62.6 Å². The van der Waals surface area contributed by atoms with Gasteiger partial charge in [-0.2, -0.15) is 13.2 Å². The van der Waals surface area contributed by atoms with Crippen LogP contribution in [0.5, 0.6) is 5.75 Å². The predicted molar refractivity (Wildman–Crippen MR) is 161 cm³/mol. The van der Waals surface area contributed by atoms with Crippen molar-refractivity contribution in [3.63, 3.8) is 0 Å². The number of ether oxygens (including phenoxy) is 1. The standard InChI is InChI=1S/C29H31F4N4O3PS/c1-37-13-11-20(19(30)15-37)35-22-7-4-6-17-18(14-29(31,32)33)24(42-28(17)22)8-5-12-34-21-9-10-23(41(2,3)39)26-27(21)40-16-25(38)36-26/h4,6-7,9-10,19-20,34-35H,11-16H2,1-3H3,(H,36,38)/t19-,20+/m0/s1. The van der Waals surface area contributed by atoms with Crippen molar-refractivity contribution in [3.05, 3.63) is 40.8 Å². The molecule has 3 aromatic rings. The van der Waals surface area contributed by atoms with E-state index in [4.69, 9.17) is 4.74 Å². The minimum atomic E-state index is -4.44. The summed E-state index contributed by atoms with van der Waals surface area (Å²) in [6.45, 7) is 4.07.